The molecule has 1 aliphatic carbocycles. The summed E-state index contributed by atoms with van der Waals surface area (Å²) in [6.07, 6.45) is 3.50. The van der Waals surface area contributed by atoms with Gasteiger partial charge in [-0.15, -0.1) is 0 Å². The Morgan fingerprint density at radius 1 is 1.05 bits per heavy atom. The molecule has 20 heavy (non-hydrogen) atoms. The molecule has 0 spiro atoms. The van der Waals surface area contributed by atoms with Crippen molar-refractivity contribution in [1.29, 1.82) is 0 Å². The molecule has 3 nitrogen and oxygen atoms in total. The summed E-state index contributed by atoms with van der Waals surface area (Å²) in [5.74, 6) is -0.364. The van der Waals surface area contributed by atoms with Crippen LogP contribution in [0.3, 0.4) is 0 Å². The number of carbonyl (C=O) groups excluding carboxylic acids is 1. The van der Waals surface area contributed by atoms with E-state index in [1.165, 1.54) is 17.5 Å². The van der Waals surface area contributed by atoms with Crippen molar-refractivity contribution in [2.45, 2.75) is 25.3 Å². The Morgan fingerprint density at radius 3 is 2.55 bits per heavy atom. The van der Waals surface area contributed by atoms with E-state index >= 15 is 0 Å². The first kappa shape index (κ1) is 12.7. The largest absolute Gasteiger partial charge is 0.370 e. The van der Waals surface area contributed by atoms with Gasteiger partial charge in [0.1, 0.15) is 6.04 Å². The molecule has 3 heteroatoms. The number of nitrogens with two attached hydrogens (primary N) is 1. The van der Waals surface area contributed by atoms with Gasteiger partial charge in [0.25, 0.3) is 0 Å². The molecule has 0 radical (unpaired) electrons. The normalized spacial score (nSPS) is 14.6. The minimum Gasteiger partial charge on any atom is -0.370 e. The quantitative estimate of drug-likeness (QED) is 0.894. The molecule has 0 bridgehead atoms. The molecule has 0 fully saturated rings. The Bertz CT molecular complexity index is 622. The Hall–Kier alpha value is -2.29. The smallest absolute Gasteiger partial charge is 0.244 e. The van der Waals surface area contributed by atoms with Crippen LogP contribution in [-0.2, 0) is 17.6 Å². The zero-order valence-electron chi connectivity index (χ0n) is 11.3. The summed E-state index contributed by atoms with van der Waals surface area (Å²) in [6.45, 7) is 0. The Morgan fingerprint density at radius 2 is 1.80 bits per heavy atom. The van der Waals surface area contributed by atoms with Crippen LogP contribution >= 0.6 is 0 Å². The average Bonchev–Trinajstić information content (AvgIpc) is 2.93. The van der Waals surface area contributed by atoms with Gasteiger partial charge in [0.15, 0.2) is 0 Å². The zero-order valence-corrected chi connectivity index (χ0v) is 11.3. The van der Waals surface area contributed by atoms with Crippen LogP contribution in [0, 0.1) is 0 Å². The molecule has 3 N–H and O–H groups in total. The minimum atomic E-state index is -0.490. The van der Waals surface area contributed by atoms with Crippen molar-refractivity contribution in [1.82, 2.24) is 0 Å². The summed E-state index contributed by atoms with van der Waals surface area (Å²) >= 11 is 0. The second kappa shape index (κ2) is 5.37. The predicted molar refractivity (Wildman–Crippen MR) is 80.5 cm³/mol. The maximum atomic E-state index is 11.7. The number of anilines is 1. The third kappa shape index (κ3) is 2.52. The SMILES string of the molecule is NC(=O)[C@@H](Nc1ccc2c(c1)CCC2)c1ccccc1. The molecule has 0 unspecified atom stereocenters. The van der Waals surface area contributed by atoms with Crippen LogP contribution in [0.25, 0.3) is 0 Å². The van der Waals surface area contributed by atoms with E-state index < -0.39 is 6.04 Å². The summed E-state index contributed by atoms with van der Waals surface area (Å²) in [7, 11) is 0. The summed E-state index contributed by atoms with van der Waals surface area (Å²) in [6, 6.07) is 15.4. The van der Waals surface area contributed by atoms with E-state index in [1.807, 2.05) is 36.4 Å². The van der Waals surface area contributed by atoms with Gasteiger partial charge in [0, 0.05) is 5.69 Å². The van der Waals surface area contributed by atoms with E-state index in [9.17, 15) is 4.79 Å². The first-order chi connectivity index (χ1) is 9.74. The number of rotatable bonds is 4. The monoisotopic (exact) mass is 266 g/mol. The van der Waals surface area contributed by atoms with E-state index in [-0.39, 0.29) is 5.91 Å². The molecule has 0 aliphatic heterocycles. The van der Waals surface area contributed by atoms with Crippen molar-refractivity contribution in [2.75, 3.05) is 5.32 Å². The zero-order chi connectivity index (χ0) is 13.9. The van der Waals surface area contributed by atoms with Crippen molar-refractivity contribution in [3.8, 4) is 0 Å². The highest BCUT2D eigenvalue weighted by Gasteiger charge is 2.18. The highest BCUT2D eigenvalue weighted by atomic mass is 16.1. The van der Waals surface area contributed by atoms with Gasteiger partial charge in [0.05, 0.1) is 0 Å². The summed E-state index contributed by atoms with van der Waals surface area (Å²) < 4.78 is 0. The number of nitrogens with one attached hydrogen (secondary N) is 1. The lowest BCUT2D eigenvalue weighted by Crippen LogP contribution is -2.27. The van der Waals surface area contributed by atoms with E-state index in [2.05, 4.69) is 17.4 Å². The first-order valence-electron chi connectivity index (χ1n) is 6.96. The first-order valence-corrected chi connectivity index (χ1v) is 6.96. The average molecular weight is 266 g/mol. The Labute approximate surface area is 118 Å². The molecule has 0 heterocycles. The number of primary amides is 1. The van der Waals surface area contributed by atoms with Gasteiger partial charge in [0.2, 0.25) is 5.91 Å². The third-order valence-electron chi connectivity index (χ3n) is 3.83. The molecule has 0 saturated carbocycles. The molecule has 2 aromatic rings. The van der Waals surface area contributed by atoms with Crippen LogP contribution in [0.4, 0.5) is 5.69 Å². The van der Waals surface area contributed by atoms with Crippen molar-refractivity contribution in [2.24, 2.45) is 5.73 Å². The van der Waals surface area contributed by atoms with Crippen LogP contribution in [0.2, 0.25) is 0 Å². The van der Waals surface area contributed by atoms with E-state index in [0.29, 0.717) is 0 Å². The highest BCUT2D eigenvalue weighted by molar-refractivity contribution is 5.84. The molecule has 1 aliphatic rings. The number of hydrogen-bond donors (Lipinski definition) is 2. The van der Waals surface area contributed by atoms with Gasteiger partial charge in [-0.1, -0.05) is 36.4 Å². The van der Waals surface area contributed by atoms with E-state index in [4.69, 9.17) is 5.73 Å². The molecule has 1 atom stereocenters. The number of benzene rings is 2. The topological polar surface area (TPSA) is 55.1 Å². The number of carbonyl (C=O) groups is 1. The molecular formula is C17H18N2O. The van der Waals surface area contributed by atoms with Gasteiger partial charge < -0.3 is 11.1 Å². The number of amides is 1. The number of fused-ring (bicyclic) bond motifs is 1. The number of aryl methyl sites for hydroxylation is 2. The van der Waals surface area contributed by atoms with E-state index in [0.717, 1.165) is 24.1 Å². The summed E-state index contributed by atoms with van der Waals surface area (Å²) in [4.78, 5) is 11.7. The van der Waals surface area contributed by atoms with Gasteiger partial charge in [-0.25, -0.2) is 0 Å². The minimum absolute atomic E-state index is 0.364. The lowest BCUT2D eigenvalue weighted by atomic mass is 10.0. The van der Waals surface area contributed by atoms with Crippen LogP contribution in [0.15, 0.2) is 48.5 Å². The molecule has 102 valence electrons. The molecule has 3 rings (SSSR count). The maximum Gasteiger partial charge on any atom is 0.244 e. The van der Waals surface area contributed by atoms with Crippen LogP contribution < -0.4 is 11.1 Å². The fourth-order valence-corrected chi connectivity index (χ4v) is 2.79. The molecule has 2 aromatic carbocycles. The van der Waals surface area contributed by atoms with E-state index in [1.54, 1.807) is 0 Å². The second-order valence-electron chi connectivity index (χ2n) is 5.23. The Balaban J connectivity index is 1.86. The molecule has 0 aromatic heterocycles. The summed E-state index contributed by atoms with van der Waals surface area (Å²) in [5, 5.41) is 3.25. The fourth-order valence-electron chi connectivity index (χ4n) is 2.79. The van der Waals surface area contributed by atoms with Gasteiger partial charge >= 0.3 is 0 Å². The van der Waals surface area contributed by atoms with Crippen molar-refractivity contribution >= 4 is 11.6 Å². The fraction of sp³-hybridized carbons (Fsp3) is 0.235. The lowest BCUT2D eigenvalue weighted by Gasteiger charge is -2.17. The number of hydrogen-bond acceptors (Lipinski definition) is 2. The Kier molecular flexibility index (Phi) is 3.42. The van der Waals surface area contributed by atoms with Crippen molar-refractivity contribution in [3.05, 3.63) is 65.2 Å². The van der Waals surface area contributed by atoms with Crippen LogP contribution in [0.5, 0.6) is 0 Å². The van der Waals surface area contributed by atoms with Gasteiger partial charge in [-0.3, -0.25) is 4.79 Å². The predicted octanol–water partition coefficient (Wildman–Crippen LogP) is 2.81. The standard InChI is InChI=1S/C17H18N2O/c18-17(20)16(13-5-2-1-3-6-13)19-15-10-9-12-7-4-8-14(12)11-15/h1-3,5-6,9-11,16,19H,4,7-8H2,(H2,18,20)/t16-/m0/s1. The van der Waals surface area contributed by atoms with Gasteiger partial charge in [-0.2, -0.15) is 0 Å². The summed E-state index contributed by atoms with van der Waals surface area (Å²) in [5.41, 5.74) is 10.2. The van der Waals surface area contributed by atoms with Crippen molar-refractivity contribution in [3.63, 3.8) is 0 Å². The third-order valence-corrected chi connectivity index (χ3v) is 3.83. The molecule has 1 amide bonds. The molecular weight excluding hydrogens is 248 g/mol. The highest BCUT2D eigenvalue weighted by Crippen LogP contribution is 2.27. The lowest BCUT2D eigenvalue weighted by molar-refractivity contribution is -0.118. The van der Waals surface area contributed by atoms with Gasteiger partial charge in [-0.05, 0) is 48.1 Å². The van der Waals surface area contributed by atoms with Crippen molar-refractivity contribution < 1.29 is 4.79 Å². The second-order valence-corrected chi connectivity index (χ2v) is 5.23. The van der Waals surface area contributed by atoms with Crippen LogP contribution in [0.1, 0.15) is 29.2 Å². The maximum absolute atomic E-state index is 11.7. The van der Waals surface area contributed by atoms with Crippen LogP contribution in [-0.4, -0.2) is 5.91 Å². The molecule has 0 saturated heterocycles.